The second-order valence-corrected chi connectivity index (χ2v) is 6.41. The summed E-state index contributed by atoms with van der Waals surface area (Å²) in [5.74, 6) is -0.0202. The maximum Gasteiger partial charge on any atom is 0.296 e. The van der Waals surface area contributed by atoms with Crippen LogP contribution in [0.3, 0.4) is 0 Å². The molecule has 1 heterocycles. The van der Waals surface area contributed by atoms with Gasteiger partial charge < -0.3 is 0 Å². The Morgan fingerprint density at radius 3 is 2.58 bits per heavy atom. The molecule has 5 nitrogen and oxygen atoms in total. The monoisotopic (exact) mass is 303 g/mol. The molecular formula is C11H11ClFN3O2S. The first-order valence-electron chi connectivity index (χ1n) is 5.49. The minimum absolute atomic E-state index is 0.310. The van der Waals surface area contributed by atoms with Crippen LogP contribution in [0.4, 0.5) is 4.39 Å². The fourth-order valence-electron chi connectivity index (χ4n) is 1.83. The summed E-state index contributed by atoms with van der Waals surface area (Å²) in [6.07, 6.45) is 0. The average molecular weight is 304 g/mol. The summed E-state index contributed by atoms with van der Waals surface area (Å²) in [4.78, 5) is 0. The number of rotatable bonds is 3. The van der Waals surface area contributed by atoms with E-state index in [1.165, 1.54) is 22.8 Å². The van der Waals surface area contributed by atoms with E-state index in [4.69, 9.17) is 10.7 Å². The van der Waals surface area contributed by atoms with Crippen LogP contribution in [0.5, 0.6) is 0 Å². The largest absolute Gasteiger partial charge is 0.297 e. The molecule has 19 heavy (non-hydrogen) atoms. The van der Waals surface area contributed by atoms with Crippen LogP contribution in [0.1, 0.15) is 12.5 Å². The highest BCUT2D eigenvalue weighted by Crippen LogP contribution is 2.25. The van der Waals surface area contributed by atoms with E-state index in [0.29, 0.717) is 23.5 Å². The molecule has 0 unspecified atom stereocenters. The second kappa shape index (κ2) is 4.90. The highest BCUT2D eigenvalue weighted by molar-refractivity contribution is 8.13. The van der Waals surface area contributed by atoms with E-state index >= 15 is 0 Å². The molecule has 0 bridgehead atoms. The SMILES string of the molecule is CCn1c(-c2ccc(F)cc2C)nnc1S(=O)(=O)Cl. The van der Waals surface area contributed by atoms with E-state index in [1.54, 1.807) is 13.8 Å². The zero-order chi connectivity index (χ0) is 14.2. The summed E-state index contributed by atoms with van der Waals surface area (Å²) in [5, 5.41) is 7.13. The lowest BCUT2D eigenvalue weighted by atomic mass is 10.1. The summed E-state index contributed by atoms with van der Waals surface area (Å²) in [7, 11) is 1.33. The Balaban J connectivity index is 2.67. The molecule has 102 valence electrons. The first-order valence-corrected chi connectivity index (χ1v) is 7.80. The zero-order valence-corrected chi connectivity index (χ0v) is 11.8. The number of hydrogen-bond acceptors (Lipinski definition) is 4. The van der Waals surface area contributed by atoms with Gasteiger partial charge in [-0.1, -0.05) is 0 Å². The average Bonchev–Trinajstić information content (AvgIpc) is 2.72. The van der Waals surface area contributed by atoms with Crippen LogP contribution in [0, 0.1) is 12.7 Å². The zero-order valence-electron chi connectivity index (χ0n) is 10.3. The van der Waals surface area contributed by atoms with Gasteiger partial charge in [0.15, 0.2) is 5.82 Å². The standard InChI is InChI=1S/C11H11ClFN3O2S/c1-3-16-10(14-15-11(16)19(12,17)18)9-5-4-8(13)6-7(9)2/h4-6H,3H2,1-2H3. The Kier molecular flexibility index (Phi) is 3.60. The fourth-order valence-corrected chi connectivity index (χ4v) is 2.79. The van der Waals surface area contributed by atoms with Crippen LogP contribution >= 0.6 is 10.7 Å². The number of aryl methyl sites for hydroxylation is 1. The molecule has 0 radical (unpaired) electrons. The quantitative estimate of drug-likeness (QED) is 0.816. The Labute approximate surface area is 114 Å². The minimum Gasteiger partial charge on any atom is -0.297 e. The number of halogens is 2. The molecule has 1 aromatic carbocycles. The van der Waals surface area contributed by atoms with Gasteiger partial charge in [0.2, 0.25) is 0 Å². The fraction of sp³-hybridized carbons (Fsp3) is 0.273. The predicted octanol–water partition coefficient (Wildman–Crippen LogP) is 2.34. The summed E-state index contributed by atoms with van der Waals surface area (Å²) in [5.41, 5.74) is 1.25. The van der Waals surface area contributed by atoms with E-state index in [9.17, 15) is 12.8 Å². The van der Waals surface area contributed by atoms with Crippen LogP contribution in [-0.4, -0.2) is 23.2 Å². The van der Waals surface area contributed by atoms with Crippen molar-refractivity contribution < 1.29 is 12.8 Å². The topological polar surface area (TPSA) is 64.8 Å². The smallest absolute Gasteiger partial charge is 0.296 e. The predicted molar refractivity (Wildman–Crippen MR) is 68.9 cm³/mol. The summed E-state index contributed by atoms with van der Waals surface area (Å²) in [6.45, 7) is 3.79. The summed E-state index contributed by atoms with van der Waals surface area (Å²) in [6, 6.07) is 4.16. The summed E-state index contributed by atoms with van der Waals surface area (Å²) >= 11 is 0. The van der Waals surface area contributed by atoms with Gasteiger partial charge in [0, 0.05) is 22.8 Å². The third-order valence-corrected chi connectivity index (χ3v) is 3.83. The number of hydrogen-bond donors (Lipinski definition) is 0. The van der Waals surface area contributed by atoms with Gasteiger partial charge in [0.25, 0.3) is 14.2 Å². The van der Waals surface area contributed by atoms with Crippen LogP contribution in [-0.2, 0) is 15.6 Å². The molecule has 0 saturated heterocycles. The normalized spacial score (nSPS) is 11.8. The molecule has 0 fully saturated rings. The highest BCUT2D eigenvalue weighted by atomic mass is 35.7. The van der Waals surface area contributed by atoms with E-state index in [1.807, 2.05) is 0 Å². The van der Waals surface area contributed by atoms with E-state index < -0.39 is 9.05 Å². The maximum absolute atomic E-state index is 13.1. The van der Waals surface area contributed by atoms with Gasteiger partial charge in [-0.25, -0.2) is 12.8 Å². The van der Waals surface area contributed by atoms with Gasteiger partial charge >= 0.3 is 0 Å². The van der Waals surface area contributed by atoms with Crippen LogP contribution < -0.4 is 0 Å². The number of aromatic nitrogens is 3. The Morgan fingerprint density at radius 2 is 2.05 bits per heavy atom. The van der Waals surface area contributed by atoms with Crippen molar-refractivity contribution in [2.24, 2.45) is 0 Å². The van der Waals surface area contributed by atoms with Crippen molar-refractivity contribution in [2.75, 3.05) is 0 Å². The van der Waals surface area contributed by atoms with Crippen molar-refractivity contribution >= 4 is 19.7 Å². The summed E-state index contributed by atoms with van der Waals surface area (Å²) < 4.78 is 37.2. The van der Waals surface area contributed by atoms with Crippen molar-refractivity contribution in [3.63, 3.8) is 0 Å². The molecule has 8 heteroatoms. The van der Waals surface area contributed by atoms with Gasteiger partial charge in [-0.2, -0.15) is 0 Å². The van der Waals surface area contributed by atoms with Gasteiger partial charge in [-0.05, 0) is 37.6 Å². The molecular weight excluding hydrogens is 293 g/mol. The van der Waals surface area contributed by atoms with Crippen molar-refractivity contribution in [3.05, 3.63) is 29.6 Å². The number of benzene rings is 1. The van der Waals surface area contributed by atoms with Gasteiger partial charge in [0.05, 0.1) is 0 Å². The van der Waals surface area contributed by atoms with E-state index in [-0.39, 0.29) is 11.0 Å². The Hall–Kier alpha value is -1.47. The first-order chi connectivity index (χ1) is 8.84. The molecule has 0 atom stereocenters. The minimum atomic E-state index is -3.97. The van der Waals surface area contributed by atoms with Gasteiger partial charge in [-0.3, -0.25) is 4.57 Å². The van der Waals surface area contributed by atoms with Crippen LogP contribution in [0.15, 0.2) is 23.4 Å². The third-order valence-electron chi connectivity index (χ3n) is 2.68. The molecule has 0 spiro atoms. The first kappa shape index (κ1) is 14.0. The van der Waals surface area contributed by atoms with Crippen LogP contribution in [0.25, 0.3) is 11.4 Å². The lowest BCUT2D eigenvalue weighted by Crippen LogP contribution is -2.06. The molecule has 0 saturated carbocycles. The van der Waals surface area contributed by atoms with Crippen molar-refractivity contribution in [2.45, 2.75) is 25.5 Å². The molecule has 2 rings (SSSR count). The van der Waals surface area contributed by atoms with Gasteiger partial charge in [0.1, 0.15) is 5.82 Å². The van der Waals surface area contributed by atoms with Gasteiger partial charge in [-0.15, -0.1) is 10.2 Å². The molecule has 2 aromatic rings. The number of nitrogens with zero attached hydrogens (tertiary/aromatic N) is 3. The lowest BCUT2D eigenvalue weighted by molar-refractivity contribution is 0.582. The Morgan fingerprint density at radius 1 is 1.37 bits per heavy atom. The molecule has 0 aliphatic heterocycles. The highest BCUT2D eigenvalue weighted by Gasteiger charge is 2.23. The molecule has 0 aliphatic carbocycles. The third kappa shape index (κ3) is 2.62. The molecule has 0 N–H and O–H groups in total. The second-order valence-electron chi connectivity index (χ2n) is 3.95. The maximum atomic E-state index is 13.1. The van der Waals surface area contributed by atoms with Crippen molar-refractivity contribution in [1.29, 1.82) is 0 Å². The molecule has 0 amide bonds. The van der Waals surface area contributed by atoms with E-state index in [0.717, 1.165) is 0 Å². The van der Waals surface area contributed by atoms with Crippen molar-refractivity contribution in [3.8, 4) is 11.4 Å². The van der Waals surface area contributed by atoms with E-state index in [2.05, 4.69) is 10.2 Å². The van der Waals surface area contributed by atoms with Crippen molar-refractivity contribution in [1.82, 2.24) is 14.8 Å². The lowest BCUT2D eigenvalue weighted by Gasteiger charge is -2.08. The van der Waals surface area contributed by atoms with Crippen LogP contribution in [0.2, 0.25) is 0 Å². The molecule has 0 aliphatic rings. The molecule has 1 aromatic heterocycles. The Bertz CT molecular complexity index is 728.